The SMILES string of the molecule is CCN(C1=NC(=O)C(C)(c2ccc(C#N)cc2)S1)c1ccccc1C(F)(F)F. The third-order valence-electron chi connectivity index (χ3n) is 4.51. The van der Waals surface area contributed by atoms with Crippen LogP contribution in [0.5, 0.6) is 0 Å². The molecule has 2 aromatic carbocycles. The highest BCUT2D eigenvalue weighted by Crippen LogP contribution is 2.45. The predicted octanol–water partition coefficient (Wildman–Crippen LogP) is 4.95. The van der Waals surface area contributed by atoms with Gasteiger partial charge in [0.15, 0.2) is 5.17 Å². The molecule has 0 N–H and O–H groups in total. The lowest BCUT2D eigenvalue weighted by Gasteiger charge is -2.27. The van der Waals surface area contributed by atoms with Crippen molar-refractivity contribution < 1.29 is 18.0 Å². The van der Waals surface area contributed by atoms with Gasteiger partial charge in [0, 0.05) is 6.54 Å². The van der Waals surface area contributed by atoms with Gasteiger partial charge in [0.2, 0.25) is 0 Å². The normalized spacial score (nSPS) is 19.3. The van der Waals surface area contributed by atoms with Crippen LogP contribution in [-0.4, -0.2) is 17.6 Å². The number of hydrogen-bond acceptors (Lipinski definition) is 4. The molecule has 0 radical (unpaired) electrons. The smallest absolute Gasteiger partial charge is 0.320 e. The first-order valence-corrected chi connectivity index (χ1v) is 9.29. The summed E-state index contributed by atoms with van der Waals surface area (Å²) in [4.78, 5) is 18.1. The quantitative estimate of drug-likeness (QED) is 0.728. The lowest BCUT2D eigenvalue weighted by Crippen LogP contribution is -2.31. The molecular formula is C20H16F3N3OS. The van der Waals surface area contributed by atoms with Crippen molar-refractivity contribution in [3.63, 3.8) is 0 Å². The number of nitrogens with zero attached hydrogens (tertiary/aromatic N) is 3. The van der Waals surface area contributed by atoms with Gasteiger partial charge in [-0.3, -0.25) is 4.79 Å². The van der Waals surface area contributed by atoms with Crippen molar-refractivity contribution in [3.05, 3.63) is 65.2 Å². The minimum absolute atomic E-state index is 0.0411. The summed E-state index contributed by atoms with van der Waals surface area (Å²) in [6.45, 7) is 3.61. The number of benzene rings is 2. The van der Waals surface area contributed by atoms with Gasteiger partial charge in [-0.25, -0.2) is 0 Å². The number of alkyl halides is 3. The summed E-state index contributed by atoms with van der Waals surface area (Å²) in [5.41, 5.74) is 0.277. The number of carbonyl (C=O) groups excluding carboxylic acids is 1. The molecule has 0 fully saturated rings. The summed E-state index contributed by atoms with van der Waals surface area (Å²) in [6.07, 6.45) is -4.52. The summed E-state index contributed by atoms with van der Waals surface area (Å²) in [5.74, 6) is -0.444. The summed E-state index contributed by atoms with van der Waals surface area (Å²) in [6, 6.07) is 13.8. The van der Waals surface area contributed by atoms with E-state index in [-0.39, 0.29) is 17.4 Å². The van der Waals surface area contributed by atoms with Gasteiger partial charge in [-0.15, -0.1) is 0 Å². The predicted molar refractivity (Wildman–Crippen MR) is 103 cm³/mol. The molecule has 1 amide bonds. The Morgan fingerprint density at radius 2 is 1.82 bits per heavy atom. The van der Waals surface area contributed by atoms with Crippen molar-refractivity contribution in [1.29, 1.82) is 5.26 Å². The van der Waals surface area contributed by atoms with Gasteiger partial charge in [-0.1, -0.05) is 36.0 Å². The molecule has 3 rings (SSSR count). The Morgan fingerprint density at radius 3 is 2.39 bits per heavy atom. The van der Waals surface area contributed by atoms with Crippen LogP contribution in [0.4, 0.5) is 18.9 Å². The van der Waals surface area contributed by atoms with E-state index in [0.29, 0.717) is 11.1 Å². The Balaban J connectivity index is 1.97. The molecule has 0 spiro atoms. The first-order valence-electron chi connectivity index (χ1n) is 8.47. The number of rotatable bonds is 3. The van der Waals surface area contributed by atoms with Gasteiger partial charge in [-0.05, 0) is 43.7 Å². The summed E-state index contributed by atoms with van der Waals surface area (Å²) in [7, 11) is 0. The van der Waals surface area contributed by atoms with E-state index in [9.17, 15) is 18.0 Å². The Kier molecular flexibility index (Phi) is 5.22. The molecule has 144 valence electrons. The first kappa shape index (κ1) is 20.0. The largest absolute Gasteiger partial charge is 0.418 e. The second-order valence-electron chi connectivity index (χ2n) is 6.28. The number of halogens is 3. The lowest BCUT2D eigenvalue weighted by atomic mass is 9.98. The average molecular weight is 403 g/mol. The van der Waals surface area contributed by atoms with Crippen molar-refractivity contribution >= 4 is 28.5 Å². The summed E-state index contributed by atoms with van der Waals surface area (Å²) >= 11 is 1.11. The third-order valence-corrected chi connectivity index (χ3v) is 5.83. The molecule has 0 bridgehead atoms. The van der Waals surface area contributed by atoms with E-state index in [4.69, 9.17) is 5.26 Å². The molecule has 0 saturated carbocycles. The molecule has 8 heteroatoms. The monoisotopic (exact) mass is 403 g/mol. The maximum absolute atomic E-state index is 13.4. The van der Waals surface area contributed by atoms with Crippen LogP contribution in [0, 0.1) is 11.3 Å². The Hall–Kier alpha value is -2.79. The molecule has 28 heavy (non-hydrogen) atoms. The first-order chi connectivity index (χ1) is 13.2. The fraction of sp³-hybridized carbons (Fsp3) is 0.250. The van der Waals surface area contributed by atoms with Crippen molar-refractivity contribution in [2.75, 3.05) is 11.4 Å². The minimum Gasteiger partial charge on any atom is -0.320 e. The van der Waals surface area contributed by atoms with Gasteiger partial charge in [0.25, 0.3) is 5.91 Å². The van der Waals surface area contributed by atoms with E-state index < -0.39 is 22.4 Å². The molecule has 1 heterocycles. The van der Waals surface area contributed by atoms with Crippen LogP contribution in [0.2, 0.25) is 0 Å². The van der Waals surface area contributed by atoms with Crippen LogP contribution < -0.4 is 4.90 Å². The molecular weight excluding hydrogens is 387 g/mol. The molecule has 0 aliphatic carbocycles. The van der Waals surface area contributed by atoms with Gasteiger partial charge < -0.3 is 4.90 Å². The zero-order valence-electron chi connectivity index (χ0n) is 15.1. The highest BCUT2D eigenvalue weighted by Gasteiger charge is 2.45. The molecule has 0 aromatic heterocycles. The van der Waals surface area contributed by atoms with Crippen LogP contribution in [0.1, 0.15) is 30.5 Å². The van der Waals surface area contributed by atoms with E-state index in [2.05, 4.69) is 4.99 Å². The number of amides is 1. The topological polar surface area (TPSA) is 56.5 Å². The third kappa shape index (κ3) is 3.50. The molecule has 1 atom stereocenters. The standard InChI is InChI=1S/C20H16F3N3OS/c1-3-26(16-7-5-4-6-15(16)20(21,22)23)18-25-17(27)19(2,28-18)14-10-8-13(12-24)9-11-14/h4-11H,3H2,1-2H3. The van der Waals surface area contributed by atoms with Gasteiger partial charge >= 0.3 is 6.18 Å². The van der Waals surface area contributed by atoms with Crippen LogP contribution in [-0.2, 0) is 15.7 Å². The summed E-state index contributed by atoms with van der Waals surface area (Å²) < 4.78 is 39.2. The Bertz CT molecular complexity index is 979. The number of nitriles is 1. The van der Waals surface area contributed by atoms with Crippen LogP contribution in [0.15, 0.2) is 53.5 Å². The highest BCUT2D eigenvalue weighted by molar-refractivity contribution is 8.16. The average Bonchev–Trinajstić information content (AvgIpc) is 2.97. The van der Waals surface area contributed by atoms with Crippen molar-refractivity contribution in [2.45, 2.75) is 24.8 Å². The molecule has 1 aliphatic rings. The van der Waals surface area contributed by atoms with Crippen LogP contribution in [0.25, 0.3) is 0 Å². The van der Waals surface area contributed by atoms with Crippen molar-refractivity contribution in [1.82, 2.24) is 0 Å². The molecule has 0 saturated heterocycles. The number of thioether (sulfide) groups is 1. The molecule has 4 nitrogen and oxygen atoms in total. The van der Waals surface area contributed by atoms with Crippen LogP contribution in [0.3, 0.4) is 0 Å². The van der Waals surface area contributed by atoms with Gasteiger partial charge in [0.1, 0.15) is 4.75 Å². The van der Waals surface area contributed by atoms with E-state index in [1.165, 1.54) is 23.1 Å². The maximum atomic E-state index is 13.4. The fourth-order valence-corrected chi connectivity index (χ4v) is 4.18. The van der Waals surface area contributed by atoms with Gasteiger partial charge in [-0.2, -0.15) is 23.4 Å². The molecule has 1 aliphatic heterocycles. The number of amidine groups is 1. The fourth-order valence-electron chi connectivity index (χ4n) is 2.96. The minimum atomic E-state index is -4.52. The van der Waals surface area contributed by atoms with E-state index in [1.807, 2.05) is 6.07 Å². The molecule has 2 aromatic rings. The number of hydrogen-bond donors (Lipinski definition) is 0. The van der Waals surface area contributed by atoms with E-state index >= 15 is 0 Å². The summed E-state index contributed by atoms with van der Waals surface area (Å²) in [5, 5.41) is 9.15. The van der Waals surface area contributed by atoms with E-state index in [0.717, 1.165) is 17.8 Å². The number of aliphatic imine (C=N–C) groups is 1. The second-order valence-corrected chi connectivity index (χ2v) is 7.67. The van der Waals surface area contributed by atoms with Crippen molar-refractivity contribution in [3.8, 4) is 6.07 Å². The number of anilines is 1. The Morgan fingerprint density at radius 1 is 1.18 bits per heavy atom. The second kappa shape index (κ2) is 7.32. The maximum Gasteiger partial charge on any atom is 0.418 e. The highest BCUT2D eigenvalue weighted by atomic mass is 32.2. The zero-order chi connectivity index (χ0) is 20.5. The Labute approximate surface area is 164 Å². The van der Waals surface area contributed by atoms with Gasteiger partial charge in [0.05, 0.1) is 22.9 Å². The number of carbonyl (C=O) groups is 1. The lowest BCUT2D eigenvalue weighted by molar-refractivity contribution is -0.137. The van der Waals surface area contributed by atoms with Crippen LogP contribution >= 0.6 is 11.8 Å². The van der Waals surface area contributed by atoms with Crippen molar-refractivity contribution in [2.24, 2.45) is 4.99 Å². The van der Waals surface area contributed by atoms with E-state index in [1.54, 1.807) is 38.1 Å². The number of para-hydroxylation sites is 1. The zero-order valence-corrected chi connectivity index (χ0v) is 15.9. The molecule has 1 unspecified atom stereocenters.